The van der Waals surface area contributed by atoms with Gasteiger partial charge in [0.15, 0.2) is 10.6 Å². The van der Waals surface area contributed by atoms with E-state index in [2.05, 4.69) is 20.3 Å². The Morgan fingerprint density at radius 3 is 2.68 bits per heavy atom. The monoisotopic (exact) mass is 333 g/mol. The lowest BCUT2D eigenvalue weighted by atomic mass is 10.0. The smallest absolute Gasteiger partial charge is 0.374 e. The molecule has 122 valence electrons. The molecule has 1 atom stereocenters. The van der Waals surface area contributed by atoms with Crippen LogP contribution in [0.5, 0.6) is 0 Å². The number of nitrogens with zero attached hydrogens (tertiary/aromatic N) is 2. The van der Waals surface area contributed by atoms with Gasteiger partial charge in [-0.1, -0.05) is 17.4 Å². The van der Waals surface area contributed by atoms with Crippen molar-refractivity contribution in [2.24, 2.45) is 0 Å². The van der Waals surface area contributed by atoms with Crippen molar-refractivity contribution < 1.29 is 23.4 Å². The van der Waals surface area contributed by atoms with Crippen LogP contribution in [0.2, 0.25) is 0 Å². The number of alkyl halides is 2. The second-order valence-corrected chi connectivity index (χ2v) is 6.11. The van der Waals surface area contributed by atoms with Gasteiger partial charge in [0.2, 0.25) is 5.01 Å². The van der Waals surface area contributed by atoms with E-state index in [9.17, 15) is 18.7 Å². The van der Waals surface area contributed by atoms with E-state index in [1.165, 1.54) is 6.92 Å². The zero-order chi connectivity index (χ0) is 16.4. The number of allylic oxidation sites excluding steroid dienone is 2. The van der Waals surface area contributed by atoms with Gasteiger partial charge >= 0.3 is 6.11 Å². The van der Waals surface area contributed by atoms with Gasteiger partial charge in [0.05, 0.1) is 0 Å². The summed E-state index contributed by atoms with van der Waals surface area (Å²) in [5, 5.41) is 18.8. The van der Waals surface area contributed by atoms with Gasteiger partial charge in [-0.05, 0) is 32.6 Å². The molecule has 2 N–H and O–H groups in total. The minimum atomic E-state index is -3.60. The highest BCUT2D eigenvalue weighted by atomic mass is 32.1. The number of ether oxygens (including phenoxy) is 1. The van der Waals surface area contributed by atoms with Crippen LogP contribution in [0.1, 0.15) is 42.6 Å². The molecular formula is C13H17F2N3O3S. The van der Waals surface area contributed by atoms with Crippen LogP contribution in [0.25, 0.3) is 0 Å². The lowest BCUT2D eigenvalue weighted by Gasteiger charge is -2.22. The lowest BCUT2D eigenvalue weighted by molar-refractivity contribution is -0.231. The third kappa shape index (κ3) is 3.47. The molecule has 2 rings (SSSR count). The predicted molar refractivity (Wildman–Crippen MR) is 75.1 cm³/mol. The third-order valence-electron chi connectivity index (χ3n) is 3.35. The molecule has 0 radical (unpaired) electrons. The summed E-state index contributed by atoms with van der Waals surface area (Å²) < 4.78 is 30.7. The molecule has 1 aliphatic carbocycles. The maximum Gasteiger partial charge on any atom is 0.411 e. The first-order chi connectivity index (χ1) is 10.3. The van der Waals surface area contributed by atoms with Crippen molar-refractivity contribution >= 4 is 17.2 Å². The van der Waals surface area contributed by atoms with Crippen LogP contribution in [-0.2, 0) is 21.2 Å². The van der Waals surface area contributed by atoms with Gasteiger partial charge in [-0.15, -0.1) is 10.2 Å². The second kappa shape index (κ2) is 6.35. The molecule has 0 saturated heterocycles. The first-order valence-electron chi connectivity index (χ1n) is 6.77. The van der Waals surface area contributed by atoms with Gasteiger partial charge in [0.1, 0.15) is 0 Å². The van der Waals surface area contributed by atoms with Gasteiger partial charge in [0, 0.05) is 12.8 Å². The number of aromatic nitrogens is 2. The van der Waals surface area contributed by atoms with Gasteiger partial charge in [-0.3, -0.25) is 4.79 Å². The first kappa shape index (κ1) is 16.9. The summed E-state index contributed by atoms with van der Waals surface area (Å²) in [4.78, 5) is 12.2. The summed E-state index contributed by atoms with van der Waals surface area (Å²) in [6.07, 6.45) is 1.88. The Balaban J connectivity index is 2.15. The molecule has 0 spiro atoms. The number of carbonyl (C=O) groups is 1. The fourth-order valence-electron chi connectivity index (χ4n) is 1.94. The molecule has 0 fully saturated rings. The van der Waals surface area contributed by atoms with E-state index in [-0.39, 0.29) is 5.01 Å². The fraction of sp³-hybridized carbons (Fsp3) is 0.615. The molecule has 1 unspecified atom stereocenters. The summed E-state index contributed by atoms with van der Waals surface area (Å²) in [7, 11) is 0.835. The number of hydrogen-bond donors (Lipinski definition) is 2. The highest BCUT2D eigenvalue weighted by Gasteiger charge is 2.42. The second-order valence-electron chi connectivity index (χ2n) is 5.13. The van der Waals surface area contributed by atoms with E-state index >= 15 is 0 Å². The summed E-state index contributed by atoms with van der Waals surface area (Å²) in [6.45, 7) is 1.20. The van der Waals surface area contributed by atoms with E-state index in [1.54, 1.807) is 0 Å². The summed E-state index contributed by atoms with van der Waals surface area (Å²) in [5.41, 5.74) is -1.32. The zero-order valence-electron chi connectivity index (χ0n) is 12.2. The zero-order valence-corrected chi connectivity index (χ0v) is 13.0. The molecule has 1 aromatic heterocycles. The van der Waals surface area contributed by atoms with E-state index < -0.39 is 22.6 Å². The highest BCUT2D eigenvalue weighted by Crippen LogP contribution is 2.34. The molecular weight excluding hydrogens is 316 g/mol. The van der Waals surface area contributed by atoms with Crippen LogP contribution >= 0.6 is 11.3 Å². The molecule has 0 bridgehead atoms. The molecule has 0 aliphatic heterocycles. The minimum Gasteiger partial charge on any atom is -0.374 e. The van der Waals surface area contributed by atoms with Crippen molar-refractivity contribution in [1.29, 1.82) is 0 Å². The number of nitrogens with one attached hydrogen (secondary N) is 1. The van der Waals surface area contributed by atoms with Crippen molar-refractivity contribution in [3.8, 4) is 0 Å². The van der Waals surface area contributed by atoms with Crippen molar-refractivity contribution in [2.45, 2.75) is 44.3 Å². The molecule has 1 aromatic rings. The summed E-state index contributed by atoms with van der Waals surface area (Å²) >= 11 is 0.434. The quantitative estimate of drug-likeness (QED) is 0.861. The summed E-state index contributed by atoms with van der Waals surface area (Å²) in [6, 6.07) is 0. The largest absolute Gasteiger partial charge is 0.411 e. The molecule has 1 heterocycles. The van der Waals surface area contributed by atoms with Crippen LogP contribution in [0.4, 0.5) is 8.78 Å². The average Bonchev–Trinajstić information content (AvgIpc) is 2.99. The van der Waals surface area contributed by atoms with Crippen molar-refractivity contribution in [2.75, 3.05) is 7.11 Å². The predicted octanol–water partition coefficient (Wildman–Crippen LogP) is 2.02. The Bertz CT molecular complexity index is 587. The number of methoxy groups -OCH3 is 1. The van der Waals surface area contributed by atoms with Crippen LogP contribution in [0.3, 0.4) is 0 Å². The molecule has 9 heteroatoms. The van der Waals surface area contributed by atoms with Crippen molar-refractivity contribution in [1.82, 2.24) is 15.5 Å². The lowest BCUT2D eigenvalue weighted by Crippen LogP contribution is -2.42. The molecule has 0 saturated carbocycles. The van der Waals surface area contributed by atoms with E-state index in [1.807, 2.05) is 6.08 Å². The molecule has 0 aromatic carbocycles. The molecule has 1 amide bonds. The van der Waals surface area contributed by atoms with E-state index in [4.69, 9.17) is 0 Å². The Labute approximate surface area is 130 Å². The summed E-state index contributed by atoms with van der Waals surface area (Å²) in [5.74, 6) is -0.718. The van der Waals surface area contributed by atoms with Crippen LogP contribution < -0.4 is 5.32 Å². The molecule has 22 heavy (non-hydrogen) atoms. The van der Waals surface area contributed by atoms with Crippen LogP contribution in [0.15, 0.2) is 11.8 Å². The Hall–Kier alpha value is -1.45. The topological polar surface area (TPSA) is 84.3 Å². The van der Waals surface area contributed by atoms with Gasteiger partial charge in [-0.25, -0.2) is 0 Å². The normalized spacial score (nSPS) is 18.5. The molecule has 6 nitrogen and oxygen atoms in total. The SMILES string of the molecule is COC(F)(F)c1nnc(C(C)(O)C(=O)NC2=CCCCC2)s1. The number of rotatable bonds is 5. The first-order valence-corrected chi connectivity index (χ1v) is 7.59. The maximum atomic E-state index is 13.4. The average molecular weight is 333 g/mol. The number of halogens is 2. The third-order valence-corrected chi connectivity index (χ3v) is 4.54. The Kier molecular flexibility index (Phi) is 4.88. The number of aliphatic hydroxyl groups is 1. The molecule has 1 aliphatic rings. The Morgan fingerprint density at radius 1 is 1.41 bits per heavy atom. The Morgan fingerprint density at radius 2 is 2.09 bits per heavy atom. The van der Waals surface area contributed by atoms with Crippen LogP contribution in [-0.4, -0.2) is 28.3 Å². The number of carbonyl (C=O) groups excluding carboxylic acids is 1. The van der Waals surface area contributed by atoms with Gasteiger partial charge < -0.3 is 15.2 Å². The van der Waals surface area contributed by atoms with Crippen LogP contribution in [0, 0.1) is 0 Å². The number of hydrogen-bond acceptors (Lipinski definition) is 6. The highest BCUT2D eigenvalue weighted by molar-refractivity contribution is 7.11. The van der Waals surface area contributed by atoms with E-state index in [0.29, 0.717) is 17.8 Å². The van der Waals surface area contributed by atoms with Crippen molar-refractivity contribution in [3.63, 3.8) is 0 Å². The fourth-order valence-corrected chi connectivity index (χ4v) is 2.78. The maximum absolute atomic E-state index is 13.4. The van der Waals surface area contributed by atoms with Crippen molar-refractivity contribution in [3.05, 3.63) is 21.8 Å². The van der Waals surface area contributed by atoms with E-state index in [0.717, 1.165) is 32.1 Å². The minimum absolute atomic E-state index is 0.215. The standard InChI is InChI=1S/C13H17F2N3O3S/c1-12(20,9(19)16-8-6-4-3-5-7-8)10-17-18-11(22-10)13(14,15)21-2/h6,20H,3-5,7H2,1-2H3,(H,16,19). The van der Waals surface area contributed by atoms with Gasteiger partial charge in [0.25, 0.3) is 5.91 Å². The number of amides is 1. The van der Waals surface area contributed by atoms with Gasteiger partial charge in [-0.2, -0.15) is 8.78 Å².